The molecule has 0 spiro atoms. The Morgan fingerprint density at radius 2 is 1.61 bits per heavy atom. The van der Waals surface area contributed by atoms with Crippen LogP contribution in [0.4, 0.5) is 0 Å². The van der Waals surface area contributed by atoms with Gasteiger partial charge in [0.2, 0.25) is 0 Å². The fourth-order valence-electron chi connectivity index (χ4n) is 1.41. The second-order valence-corrected chi connectivity index (χ2v) is 8.28. The van der Waals surface area contributed by atoms with Crippen LogP contribution in [0.25, 0.3) is 0 Å². The highest BCUT2D eigenvalue weighted by atomic mass is 127. The van der Waals surface area contributed by atoms with Gasteiger partial charge in [0, 0.05) is 3.57 Å². The first-order valence-electron chi connectivity index (χ1n) is 4.57. The van der Waals surface area contributed by atoms with Gasteiger partial charge >= 0.3 is 15.2 Å². The first-order chi connectivity index (χ1) is 8.03. The van der Waals surface area contributed by atoms with E-state index in [1.165, 1.54) is 18.2 Å². The highest BCUT2D eigenvalue weighted by Crippen LogP contribution is 2.61. The Bertz CT molecular complexity index is 522. The van der Waals surface area contributed by atoms with E-state index in [1.54, 1.807) is 6.07 Å². The summed E-state index contributed by atoms with van der Waals surface area (Å²) in [6, 6.07) is 5.77. The van der Waals surface area contributed by atoms with Crippen molar-refractivity contribution in [3.8, 4) is 0 Å². The molecule has 0 amide bonds. The fraction of sp³-hybridized carbons (Fsp3) is 0.250. The van der Waals surface area contributed by atoms with Crippen molar-refractivity contribution in [2.75, 3.05) is 0 Å². The summed E-state index contributed by atoms with van der Waals surface area (Å²) >= 11 is 1.88. The molecule has 2 unspecified atom stereocenters. The van der Waals surface area contributed by atoms with Crippen LogP contribution in [0.1, 0.15) is 11.2 Å². The van der Waals surface area contributed by atoms with Gasteiger partial charge in [-0.05, 0) is 40.3 Å². The highest BCUT2D eigenvalue weighted by Gasteiger charge is 2.45. The number of hydrogen-bond donors (Lipinski definition) is 5. The Balaban J connectivity index is 3.32. The van der Waals surface area contributed by atoms with Crippen molar-refractivity contribution >= 4 is 37.8 Å². The number of hydrogen-bond acceptors (Lipinski definition) is 3. The molecule has 0 aliphatic heterocycles. The van der Waals surface area contributed by atoms with E-state index < -0.39 is 26.7 Å². The average molecular weight is 408 g/mol. The second-order valence-electron chi connectivity index (χ2n) is 3.59. The predicted octanol–water partition coefficient (Wildman–Crippen LogP) is 1.01. The summed E-state index contributed by atoms with van der Waals surface area (Å²) in [7, 11) is -9.94. The molecule has 1 aromatic rings. The summed E-state index contributed by atoms with van der Waals surface area (Å²) in [6.07, 6.45) is 0. The molecule has 0 saturated heterocycles. The number of aliphatic hydroxyl groups excluding tert-OH is 1. The zero-order valence-electron chi connectivity index (χ0n) is 8.79. The van der Waals surface area contributed by atoms with Gasteiger partial charge in [0.15, 0.2) is 5.85 Å². The van der Waals surface area contributed by atoms with Crippen LogP contribution in [-0.2, 0) is 9.13 Å². The molecule has 18 heavy (non-hydrogen) atoms. The quantitative estimate of drug-likeness (QED) is 0.371. The van der Waals surface area contributed by atoms with E-state index in [9.17, 15) is 14.2 Å². The minimum atomic E-state index is -5.03. The van der Waals surface area contributed by atoms with Crippen LogP contribution in [0, 0.1) is 3.57 Å². The van der Waals surface area contributed by atoms with Crippen molar-refractivity contribution in [3.05, 3.63) is 33.4 Å². The number of rotatable bonds is 4. The standard InChI is InChI=1S/C8H11IO7P2/c9-6-3-1-2-5(4-6)7(17(11,12)13)8(10)18(14,15)16/h1-4,7-8,10H,(H2,11,12,13)(H2,14,15,16). The van der Waals surface area contributed by atoms with Gasteiger partial charge < -0.3 is 24.7 Å². The monoisotopic (exact) mass is 408 g/mol. The van der Waals surface area contributed by atoms with Crippen LogP contribution in [0.3, 0.4) is 0 Å². The van der Waals surface area contributed by atoms with Gasteiger partial charge in [0.25, 0.3) is 0 Å². The minimum Gasteiger partial charge on any atom is -0.379 e. The lowest BCUT2D eigenvalue weighted by atomic mass is 10.1. The molecule has 0 bridgehead atoms. The van der Waals surface area contributed by atoms with Gasteiger partial charge in [-0.1, -0.05) is 12.1 Å². The Hall–Kier alpha value is 0.210. The lowest BCUT2D eigenvalue weighted by Gasteiger charge is -2.24. The maximum absolute atomic E-state index is 11.3. The molecule has 1 aromatic carbocycles. The third-order valence-corrected chi connectivity index (χ3v) is 5.38. The van der Waals surface area contributed by atoms with E-state index in [1.807, 2.05) is 22.6 Å². The van der Waals surface area contributed by atoms with Crippen LogP contribution in [0.5, 0.6) is 0 Å². The Kier molecular flexibility index (Phi) is 5.13. The third-order valence-electron chi connectivity index (χ3n) is 2.18. The van der Waals surface area contributed by atoms with E-state index in [4.69, 9.17) is 19.6 Å². The maximum Gasteiger partial charge on any atom is 0.355 e. The molecule has 7 nitrogen and oxygen atoms in total. The molecule has 102 valence electrons. The SMILES string of the molecule is O=P(O)(O)C(O)C(c1cccc(I)c1)P(=O)(O)O. The minimum absolute atomic E-state index is 0.0222. The number of aliphatic hydroxyl groups is 1. The van der Waals surface area contributed by atoms with Gasteiger partial charge in [0.05, 0.1) is 0 Å². The molecule has 1 rings (SSSR count). The first-order valence-corrected chi connectivity index (χ1v) is 9.01. The predicted molar refractivity (Wildman–Crippen MR) is 72.0 cm³/mol. The molecule has 0 radical (unpaired) electrons. The molecule has 0 aromatic heterocycles. The van der Waals surface area contributed by atoms with Crippen molar-refractivity contribution in [1.82, 2.24) is 0 Å². The molecule has 0 heterocycles. The molecular formula is C8H11IO7P2. The van der Waals surface area contributed by atoms with Gasteiger partial charge in [-0.2, -0.15) is 0 Å². The van der Waals surface area contributed by atoms with Crippen molar-refractivity contribution < 1.29 is 33.8 Å². The molecule has 0 aliphatic carbocycles. The summed E-state index contributed by atoms with van der Waals surface area (Å²) < 4.78 is 22.9. The van der Waals surface area contributed by atoms with Gasteiger partial charge in [-0.25, -0.2) is 0 Å². The van der Waals surface area contributed by atoms with Crippen LogP contribution >= 0.6 is 37.8 Å². The molecule has 5 N–H and O–H groups in total. The molecule has 0 aliphatic rings. The summed E-state index contributed by atoms with van der Waals surface area (Å²) in [5.41, 5.74) is -1.97. The Morgan fingerprint density at radius 3 is 2.00 bits per heavy atom. The van der Waals surface area contributed by atoms with Crippen LogP contribution in [0.15, 0.2) is 24.3 Å². The zero-order chi connectivity index (χ0) is 14.1. The topological polar surface area (TPSA) is 135 Å². The Morgan fingerprint density at radius 1 is 1.06 bits per heavy atom. The second kappa shape index (κ2) is 5.68. The number of benzene rings is 1. The fourth-order valence-corrected chi connectivity index (χ4v) is 4.46. The Labute approximate surface area is 116 Å². The maximum atomic E-state index is 11.3. The van der Waals surface area contributed by atoms with E-state index in [2.05, 4.69) is 0 Å². The lowest BCUT2D eigenvalue weighted by molar-refractivity contribution is 0.185. The zero-order valence-corrected chi connectivity index (χ0v) is 12.7. The van der Waals surface area contributed by atoms with E-state index >= 15 is 0 Å². The van der Waals surface area contributed by atoms with Crippen molar-refractivity contribution in [2.45, 2.75) is 11.5 Å². The smallest absolute Gasteiger partial charge is 0.355 e. The van der Waals surface area contributed by atoms with Crippen LogP contribution < -0.4 is 0 Å². The molecular weight excluding hydrogens is 397 g/mol. The third kappa shape index (κ3) is 4.11. The normalized spacial score (nSPS) is 16.3. The summed E-state index contributed by atoms with van der Waals surface area (Å²) in [5.74, 6) is -2.45. The highest BCUT2D eigenvalue weighted by molar-refractivity contribution is 14.1. The van der Waals surface area contributed by atoms with Crippen LogP contribution in [-0.4, -0.2) is 30.5 Å². The van der Waals surface area contributed by atoms with Crippen molar-refractivity contribution in [2.24, 2.45) is 0 Å². The van der Waals surface area contributed by atoms with Crippen molar-refractivity contribution in [1.29, 1.82) is 0 Å². The number of halogens is 1. The average Bonchev–Trinajstić information content (AvgIpc) is 2.13. The van der Waals surface area contributed by atoms with Crippen LogP contribution in [0.2, 0.25) is 0 Å². The summed E-state index contributed by atoms with van der Waals surface area (Å²) in [6.45, 7) is 0. The molecule has 2 atom stereocenters. The molecule has 0 saturated carbocycles. The van der Waals surface area contributed by atoms with Gasteiger partial charge in [0.1, 0.15) is 5.66 Å². The van der Waals surface area contributed by atoms with Gasteiger partial charge in [-0.3, -0.25) is 9.13 Å². The van der Waals surface area contributed by atoms with E-state index in [-0.39, 0.29) is 5.56 Å². The summed E-state index contributed by atoms with van der Waals surface area (Å²) in [4.78, 5) is 36.1. The van der Waals surface area contributed by atoms with E-state index in [0.29, 0.717) is 3.57 Å². The summed E-state index contributed by atoms with van der Waals surface area (Å²) in [5, 5.41) is 9.47. The molecule has 10 heteroatoms. The van der Waals surface area contributed by atoms with Gasteiger partial charge in [-0.15, -0.1) is 0 Å². The van der Waals surface area contributed by atoms with Crippen molar-refractivity contribution in [3.63, 3.8) is 0 Å². The first kappa shape index (κ1) is 16.3. The molecule has 0 fully saturated rings. The lowest BCUT2D eigenvalue weighted by Crippen LogP contribution is -2.19. The van der Waals surface area contributed by atoms with E-state index in [0.717, 1.165) is 0 Å². The largest absolute Gasteiger partial charge is 0.379 e.